The number of hydrogen-bond acceptors (Lipinski definition) is 3. The summed E-state index contributed by atoms with van der Waals surface area (Å²) in [5.41, 5.74) is 1.23. The van der Waals surface area contributed by atoms with E-state index < -0.39 is 0 Å². The predicted octanol–water partition coefficient (Wildman–Crippen LogP) is 3.33. The number of aromatic nitrogens is 1. The molecule has 0 atom stereocenters. The highest BCUT2D eigenvalue weighted by Crippen LogP contribution is 2.15. The molecule has 0 unspecified atom stereocenters. The van der Waals surface area contributed by atoms with Crippen molar-refractivity contribution < 1.29 is 9.59 Å². The first kappa shape index (κ1) is 15.7. The van der Waals surface area contributed by atoms with E-state index in [1.165, 1.54) is 0 Å². The first-order chi connectivity index (χ1) is 11.1. The van der Waals surface area contributed by atoms with Gasteiger partial charge in [-0.3, -0.25) is 9.59 Å². The highest BCUT2D eigenvalue weighted by molar-refractivity contribution is 9.10. The van der Waals surface area contributed by atoms with E-state index in [2.05, 4.69) is 26.2 Å². The molecule has 0 aliphatic carbocycles. The van der Waals surface area contributed by atoms with Gasteiger partial charge in [-0.15, -0.1) is 0 Å². The summed E-state index contributed by atoms with van der Waals surface area (Å²) in [6.45, 7) is 1.52. The highest BCUT2D eigenvalue weighted by Gasteiger charge is 2.21. The van der Waals surface area contributed by atoms with Gasteiger partial charge in [0.05, 0.1) is 0 Å². The fourth-order valence-electron chi connectivity index (χ4n) is 2.49. The van der Waals surface area contributed by atoms with Gasteiger partial charge in [0.15, 0.2) is 0 Å². The maximum Gasteiger partial charge on any atom is 0.274 e. The van der Waals surface area contributed by atoms with Crippen molar-refractivity contribution in [2.75, 3.05) is 18.4 Å². The molecule has 0 bridgehead atoms. The van der Waals surface area contributed by atoms with Crippen LogP contribution in [-0.2, 0) is 0 Å². The molecule has 3 rings (SSSR count). The van der Waals surface area contributed by atoms with Crippen LogP contribution in [0.5, 0.6) is 0 Å². The first-order valence-electron chi connectivity index (χ1n) is 7.47. The fraction of sp³-hybridized carbons (Fsp3) is 0.235. The van der Waals surface area contributed by atoms with E-state index in [-0.39, 0.29) is 17.5 Å². The zero-order valence-corrected chi connectivity index (χ0v) is 14.0. The lowest BCUT2D eigenvalue weighted by atomic mass is 10.2. The molecule has 118 valence electrons. The molecule has 6 heteroatoms. The van der Waals surface area contributed by atoms with E-state index >= 15 is 0 Å². The van der Waals surface area contributed by atoms with Gasteiger partial charge in [-0.05, 0) is 49.2 Å². The van der Waals surface area contributed by atoms with Crippen molar-refractivity contribution in [3.05, 3.63) is 58.3 Å². The molecule has 1 saturated heterocycles. The number of hydrogen-bond donors (Lipinski definition) is 1. The van der Waals surface area contributed by atoms with E-state index in [0.29, 0.717) is 11.4 Å². The quantitative estimate of drug-likeness (QED) is 0.897. The molecule has 0 spiro atoms. The van der Waals surface area contributed by atoms with Crippen molar-refractivity contribution in [3.8, 4) is 0 Å². The maximum atomic E-state index is 12.3. The van der Waals surface area contributed by atoms with Crippen LogP contribution in [0.3, 0.4) is 0 Å². The van der Waals surface area contributed by atoms with Gasteiger partial charge < -0.3 is 10.2 Å². The SMILES string of the molecule is O=C(Nc1ccc(Br)cc1)c1cccc(C(=O)N2CCCC2)n1. The Morgan fingerprint density at radius 2 is 1.65 bits per heavy atom. The molecular weight excluding hydrogens is 358 g/mol. The summed E-state index contributed by atoms with van der Waals surface area (Å²) in [5, 5.41) is 2.77. The monoisotopic (exact) mass is 373 g/mol. The van der Waals surface area contributed by atoms with Crippen molar-refractivity contribution in [1.29, 1.82) is 0 Å². The molecular formula is C17H16BrN3O2. The van der Waals surface area contributed by atoms with Gasteiger partial charge in [0.2, 0.25) is 0 Å². The van der Waals surface area contributed by atoms with Crippen molar-refractivity contribution >= 4 is 33.4 Å². The van der Waals surface area contributed by atoms with E-state index in [0.717, 1.165) is 30.4 Å². The molecule has 1 aromatic heterocycles. The molecule has 2 heterocycles. The Bertz CT molecular complexity index is 725. The summed E-state index contributed by atoms with van der Waals surface area (Å²) in [6.07, 6.45) is 2.05. The number of carbonyl (C=O) groups is 2. The van der Waals surface area contributed by atoms with Crippen molar-refractivity contribution in [3.63, 3.8) is 0 Å². The zero-order valence-electron chi connectivity index (χ0n) is 12.5. The van der Waals surface area contributed by atoms with Gasteiger partial charge in [0.25, 0.3) is 11.8 Å². The third kappa shape index (κ3) is 3.76. The summed E-state index contributed by atoms with van der Waals surface area (Å²) in [6, 6.07) is 12.2. The normalized spacial score (nSPS) is 13.9. The molecule has 0 saturated carbocycles. The Labute approximate surface area is 142 Å². The number of nitrogens with zero attached hydrogens (tertiary/aromatic N) is 2. The van der Waals surface area contributed by atoms with Gasteiger partial charge in [-0.2, -0.15) is 0 Å². The Hall–Kier alpha value is -2.21. The van der Waals surface area contributed by atoms with Gasteiger partial charge in [0, 0.05) is 23.2 Å². The summed E-state index contributed by atoms with van der Waals surface area (Å²) in [7, 11) is 0. The number of rotatable bonds is 3. The molecule has 0 radical (unpaired) electrons. The number of carbonyl (C=O) groups excluding carboxylic acids is 2. The standard InChI is InChI=1S/C17H16BrN3O2/c18-12-6-8-13(9-7-12)19-16(22)14-4-3-5-15(20-14)17(23)21-10-1-2-11-21/h3-9H,1-2,10-11H2,(H,19,22). The van der Waals surface area contributed by atoms with Crippen LogP contribution in [0, 0.1) is 0 Å². The van der Waals surface area contributed by atoms with Crippen LogP contribution in [0.4, 0.5) is 5.69 Å². The lowest BCUT2D eigenvalue weighted by Crippen LogP contribution is -2.29. The zero-order chi connectivity index (χ0) is 16.2. The third-order valence-electron chi connectivity index (χ3n) is 3.70. The number of anilines is 1. The minimum atomic E-state index is -0.330. The second-order valence-corrected chi connectivity index (χ2v) is 6.28. The summed E-state index contributed by atoms with van der Waals surface area (Å²) >= 11 is 3.35. The number of amides is 2. The van der Waals surface area contributed by atoms with Crippen LogP contribution in [0.25, 0.3) is 0 Å². The van der Waals surface area contributed by atoms with Gasteiger partial charge in [0.1, 0.15) is 11.4 Å². The Morgan fingerprint density at radius 3 is 2.35 bits per heavy atom. The molecule has 23 heavy (non-hydrogen) atoms. The predicted molar refractivity (Wildman–Crippen MR) is 91.5 cm³/mol. The summed E-state index contributed by atoms with van der Waals surface area (Å²) in [4.78, 5) is 30.6. The molecule has 1 fully saturated rings. The maximum absolute atomic E-state index is 12.3. The van der Waals surface area contributed by atoms with Crippen LogP contribution in [0.2, 0.25) is 0 Å². The first-order valence-corrected chi connectivity index (χ1v) is 8.26. The molecule has 1 aromatic carbocycles. The highest BCUT2D eigenvalue weighted by atomic mass is 79.9. The number of nitrogens with one attached hydrogen (secondary N) is 1. The van der Waals surface area contributed by atoms with Crippen molar-refractivity contribution in [1.82, 2.24) is 9.88 Å². The number of halogens is 1. The van der Waals surface area contributed by atoms with E-state index in [1.54, 1.807) is 35.2 Å². The molecule has 5 nitrogen and oxygen atoms in total. The van der Waals surface area contributed by atoms with E-state index in [1.807, 2.05) is 12.1 Å². The number of benzene rings is 1. The molecule has 2 amide bonds. The van der Waals surface area contributed by atoms with Crippen LogP contribution < -0.4 is 5.32 Å². The molecule has 2 aromatic rings. The second kappa shape index (κ2) is 6.91. The van der Waals surface area contributed by atoms with Crippen molar-refractivity contribution in [2.24, 2.45) is 0 Å². The lowest BCUT2D eigenvalue weighted by Gasteiger charge is -2.14. The van der Waals surface area contributed by atoms with Crippen LogP contribution in [0.1, 0.15) is 33.8 Å². The molecule has 1 N–H and O–H groups in total. The summed E-state index contributed by atoms with van der Waals surface area (Å²) in [5.74, 6) is -0.441. The van der Waals surface area contributed by atoms with Gasteiger partial charge >= 0.3 is 0 Å². The van der Waals surface area contributed by atoms with Gasteiger partial charge in [-0.1, -0.05) is 22.0 Å². The molecule has 1 aliphatic rings. The lowest BCUT2D eigenvalue weighted by molar-refractivity contribution is 0.0787. The average Bonchev–Trinajstić information content (AvgIpc) is 3.11. The average molecular weight is 374 g/mol. The number of likely N-dealkylation sites (tertiary alicyclic amines) is 1. The smallest absolute Gasteiger partial charge is 0.274 e. The fourth-order valence-corrected chi connectivity index (χ4v) is 2.76. The van der Waals surface area contributed by atoms with Gasteiger partial charge in [-0.25, -0.2) is 4.98 Å². The largest absolute Gasteiger partial charge is 0.337 e. The van der Waals surface area contributed by atoms with Crippen molar-refractivity contribution in [2.45, 2.75) is 12.8 Å². The minimum Gasteiger partial charge on any atom is -0.337 e. The van der Waals surface area contributed by atoms with Crippen LogP contribution in [-0.4, -0.2) is 34.8 Å². The molecule has 1 aliphatic heterocycles. The number of pyridine rings is 1. The second-order valence-electron chi connectivity index (χ2n) is 5.37. The summed E-state index contributed by atoms with van der Waals surface area (Å²) < 4.78 is 0.937. The topological polar surface area (TPSA) is 62.3 Å². The van der Waals surface area contributed by atoms with Crippen LogP contribution in [0.15, 0.2) is 46.9 Å². The van der Waals surface area contributed by atoms with E-state index in [4.69, 9.17) is 0 Å². The Morgan fingerprint density at radius 1 is 1.00 bits per heavy atom. The van der Waals surface area contributed by atoms with E-state index in [9.17, 15) is 9.59 Å². The van der Waals surface area contributed by atoms with Crippen LogP contribution >= 0.6 is 15.9 Å². The Kier molecular flexibility index (Phi) is 4.71. The minimum absolute atomic E-state index is 0.110. The third-order valence-corrected chi connectivity index (χ3v) is 4.22. The Balaban J connectivity index is 1.74.